The molecule has 1 aromatic carbocycles. The van der Waals surface area contributed by atoms with E-state index in [1.807, 2.05) is 62.6 Å². The fourth-order valence-corrected chi connectivity index (χ4v) is 3.38. The molecule has 2 rings (SSSR count). The van der Waals surface area contributed by atoms with Gasteiger partial charge in [0.2, 0.25) is 5.91 Å². The number of rotatable bonds is 7. The molecule has 0 spiro atoms. The third-order valence-electron chi connectivity index (χ3n) is 4.70. The Hall–Kier alpha value is -2.56. The minimum atomic E-state index is -0.339. The summed E-state index contributed by atoms with van der Waals surface area (Å²) >= 11 is 0. The van der Waals surface area contributed by atoms with Crippen LogP contribution >= 0.6 is 0 Å². The summed E-state index contributed by atoms with van der Waals surface area (Å²) in [5, 5.41) is 0. The highest BCUT2D eigenvalue weighted by atomic mass is 16.5. The molecule has 1 heterocycles. The number of hydrogen-bond acceptors (Lipinski definition) is 3. The second-order valence-electron chi connectivity index (χ2n) is 6.17. The molecule has 26 heavy (non-hydrogen) atoms. The van der Waals surface area contributed by atoms with Gasteiger partial charge in [-0.2, -0.15) is 0 Å². The van der Waals surface area contributed by atoms with Gasteiger partial charge in [0.15, 0.2) is 0 Å². The maximum absolute atomic E-state index is 12.7. The number of benzene rings is 1. The number of nitrogens with zero attached hydrogens (tertiary/aromatic N) is 2. The van der Waals surface area contributed by atoms with E-state index in [0.29, 0.717) is 25.3 Å². The molecule has 0 fully saturated rings. The zero-order chi connectivity index (χ0) is 19.3. The lowest BCUT2D eigenvalue weighted by Gasteiger charge is -2.21. The Bertz CT molecular complexity index is 774. The maximum atomic E-state index is 12.7. The van der Waals surface area contributed by atoms with Crippen LogP contribution in [0.3, 0.4) is 0 Å². The van der Waals surface area contributed by atoms with Gasteiger partial charge in [-0.3, -0.25) is 4.79 Å². The van der Waals surface area contributed by atoms with Crippen molar-refractivity contribution >= 4 is 11.9 Å². The highest BCUT2D eigenvalue weighted by molar-refractivity contribution is 5.95. The number of hydrogen-bond donors (Lipinski definition) is 0. The highest BCUT2D eigenvalue weighted by Crippen LogP contribution is 2.31. The number of carbonyl (C=O) groups is 2. The van der Waals surface area contributed by atoms with E-state index in [9.17, 15) is 9.59 Å². The molecule has 0 saturated carbocycles. The van der Waals surface area contributed by atoms with E-state index in [1.165, 1.54) is 0 Å². The third kappa shape index (κ3) is 3.82. The Morgan fingerprint density at radius 3 is 2.19 bits per heavy atom. The SMILES string of the molecule is CCOC(=O)c1c(C)c(-c2ccccc2)n(CC(=O)N(CC)CC)c1C. The van der Waals surface area contributed by atoms with Gasteiger partial charge in [-0.05, 0) is 45.7 Å². The fourth-order valence-electron chi connectivity index (χ4n) is 3.38. The molecule has 0 N–H and O–H groups in total. The Labute approximate surface area is 155 Å². The first-order valence-corrected chi connectivity index (χ1v) is 9.16. The molecule has 0 unspecified atom stereocenters. The predicted molar refractivity (Wildman–Crippen MR) is 103 cm³/mol. The van der Waals surface area contributed by atoms with Crippen molar-refractivity contribution in [2.45, 2.75) is 41.2 Å². The second kappa shape index (κ2) is 8.70. The van der Waals surface area contributed by atoms with E-state index >= 15 is 0 Å². The summed E-state index contributed by atoms with van der Waals surface area (Å²) in [4.78, 5) is 27.0. The average molecular weight is 356 g/mol. The lowest BCUT2D eigenvalue weighted by atomic mass is 10.1. The van der Waals surface area contributed by atoms with Crippen molar-refractivity contribution in [2.24, 2.45) is 0 Å². The van der Waals surface area contributed by atoms with Gasteiger partial charge >= 0.3 is 5.97 Å². The van der Waals surface area contributed by atoms with E-state index in [0.717, 1.165) is 22.5 Å². The molecule has 2 aromatic rings. The number of amides is 1. The van der Waals surface area contributed by atoms with E-state index in [4.69, 9.17) is 4.74 Å². The summed E-state index contributed by atoms with van der Waals surface area (Å²) in [6.45, 7) is 11.4. The lowest BCUT2D eigenvalue weighted by molar-refractivity contribution is -0.131. The van der Waals surface area contributed by atoms with Crippen LogP contribution in [0.5, 0.6) is 0 Å². The van der Waals surface area contributed by atoms with Crippen LogP contribution in [0.4, 0.5) is 0 Å². The standard InChI is InChI=1S/C21H28N2O3/c1-6-22(7-2)18(24)14-23-16(5)19(21(25)26-8-3)15(4)20(23)17-12-10-9-11-13-17/h9-13H,6-8,14H2,1-5H3. The average Bonchev–Trinajstić information content (AvgIpc) is 2.87. The van der Waals surface area contributed by atoms with E-state index in [1.54, 1.807) is 11.8 Å². The largest absolute Gasteiger partial charge is 0.462 e. The maximum Gasteiger partial charge on any atom is 0.340 e. The molecular formula is C21H28N2O3. The lowest BCUT2D eigenvalue weighted by Crippen LogP contribution is -2.33. The summed E-state index contributed by atoms with van der Waals surface area (Å²) in [5.41, 5.74) is 4.04. The first-order valence-electron chi connectivity index (χ1n) is 9.16. The van der Waals surface area contributed by atoms with Gasteiger partial charge in [0.1, 0.15) is 6.54 Å². The zero-order valence-electron chi connectivity index (χ0n) is 16.3. The fraction of sp³-hybridized carbons (Fsp3) is 0.429. The van der Waals surface area contributed by atoms with Crippen LogP contribution in [-0.2, 0) is 16.1 Å². The number of carbonyl (C=O) groups excluding carboxylic acids is 2. The molecule has 0 radical (unpaired) electrons. The van der Waals surface area contributed by atoms with Crippen molar-refractivity contribution in [3.63, 3.8) is 0 Å². The quantitative estimate of drug-likeness (QED) is 0.709. The van der Waals surface area contributed by atoms with Crippen molar-refractivity contribution < 1.29 is 14.3 Å². The highest BCUT2D eigenvalue weighted by Gasteiger charge is 2.26. The molecule has 140 valence electrons. The van der Waals surface area contributed by atoms with Gasteiger partial charge < -0.3 is 14.2 Å². The Kier molecular flexibility index (Phi) is 6.61. The molecule has 0 aliphatic heterocycles. The topological polar surface area (TPSA) is 51.5 Å². The van der Waals surface area contributed by atoms with Crippen LogP contribution < -0.4 is 0 Å². The van der Waals surface area contributed by atoms with Gasteiger partial charge in [0.05, 0.1) is 17.9 Å². The van der Waals surface area contributed by atoms with E-state index < -0.39 is 0 Å². The molecular weight excluding hydrogens is 328 g/mol. The number of aromatic nitrogens is 1. The molecule has 1 amide bonds. The van der Waals surface area contributed by atoms with Crippen LogP contribution in [0.2, 0.25) is 0 Å². The molecule has 0 saturated heterocycles. The van der Waals surface area contributed by atoms with Gasteiger partial charge in [0.25, 0.3) is 0 Å². The summed E-state index contributed by atoms with van der Waals surface area (Å²) in [5.74, 6) is -0.297. The number of esters is 1. The van der Waals surface area contributed by atoms with Crippen LogP contribution in [0.15, 0.2) is 30.3 Å². The number of ether oxygens (including phenoxy) is 1. The smallest absolute Gasteiger partial charge is 0.340 e. The molecule has 0 atom stereocenters. The minimum Gasteiger partial charge on any atom is -0.462 e. The van der Waals surface area contributed by atoms with Crippen LogP contribution in [-0.4, -0.2) is 41.0 Å². The molecule has 0 aliphatic carbocycles. The van der Waals surface area contributed by atoms with Crippen LogP contribution in [0.1, 0.15) is 42.4 Å². The summed E-state index contributed by atoms with van der Waals surface area (Å²) in [6.07, 6.45) is 0. The van der Waals surface area contributed by atoms with Crippen molar-refractivity contribution in [3.8, 4) is 11.3 Å². The minimum absolute atomic E-state index is 0.0423. The summed E-state index contributed by atoms with van der Waals surface area (Å²) in [7, 11) is 0. The number of likely N-dealkylation sites (N-methyl/N-ethyl adjacent to an activating group) is 1. The first kappa shape index (κ1) is 19.8. The monoisotopic (exact) mass is 356 g/mol. The molecule has 1 aromatic heterocycles. The first-order chi connectivity index (χ1) is 12.5. The Balaban J connectivity index is 2.59. The van der Waals surface area contributed by atoms with Gasteiger partial charge in [-0.15, -0.1) is 0 Å². The summed E-state index contributed by atoms with van der Waals surface area (Å²) < 4.78 is 7.18. The molecule has 0 bridgehead atoms. The van der Waals surface area contributed by atoms with Crippen molar-refractivity contribution in [2.75, 3.05) is 19.7 Å². The third-order valence-corrected chi connectivity index (χ3v) is 4.70. The zero-order valence-corrected chi connectivity index (χ0v) is 16.3. The summed E-state index contributed by atoms with van der Waals surface area (Å²) in [6, 6.07) is 9.85. The van der Waals surface area contributed by atoms with E-state index in [2.05, 4.69) is 0 Å². The van der Waals surface area contributed by atoms with Gasteiger partial charge in [-0.25, -0.2) is 4.79 Å². The van der Waals surface area contributed by atoms with E-state index in [-0.39, 0.29) is 18.4 Å². The normalized spacial score (nSPS) is 10.7. The van der Waals surface area contributed by atoms with Gasteiger partial charge in [0, 0.05) is 18.8 Å². The van der Waals surface area contributed by atoms with Crippen molar-refractivity contribution in [3.05, 3.63) is 47.2 Å². The van der Waals surface area contributed by atoms with Crippen molar-refractivity contribution in [1.29, 1.82) is 0 Å². The molecule has 0 aliphatic rings. The molecule has 5 heteroatoms. The Morgan fingerprint density at radius 1 is 1.04 bits per heavy atom. The van der Waals surface area contributed by atoms with Crippen LogP contribution in [0.25, 0.3) is 11.3 Å². The predicted octanol–water partition coefficient (Wildman–Crippen LogP) is 3.82. The van der Waals surface area contributed by atoms with Crippen LogP contribution in [0, 0.1) is 13.8 Å². The Morgan fingerprint density at radius 2 is 1.65 bits per heavy atom. The van der Waals surface area contributed by atoms with Crippen molar-refractivity contribution in [1.82, 2.24) is 9.47 Å². The second-order valence-corrected chi connectivity index (χ2v) is 6.17. The molecule has 5 nitrogen and oxygen atoms in total. The van der Waals surface area contributed by atoms with Gasteiger partial charge in [-0.1, -0.05) is 30.3 Å².